The van der Waals surface area contributed by atoms with Crippen LogP contribution in [0.3, 0.4) is 0 Å². The number of rotatable bonds is 2. The lowest BCUT2D eigenvalue weighted by molar-refractivity contribution is -0.117. The van der Waals surface area contributed by atoms with Gasteiger partial charge < -0.3 is 5.73 Å². The van der Waals surface area contributed by atoms with E-state index in [1.54, 1.807) is 0 Å². The first-order valence-corrected chi connectivity index (χ1v) is 6.19. The third-order valence-electron chi connectivity index (χ3n) is 0.680. The summed E-state index contributed by atoms with van der Waals surface area (Å²) in [6, 6.07) is 0. The molecule has 0 aliphatic heterocycles. The largest absolute Gasteiger partial charge is 0.330 e. The molecular formula is C7H18N2O2S. The molecule has 0 atom stereocenters. The van der Waals surface area contributed by atoms with Gasteiger partial charge >= 0.3 is 0 Å². The molecule has 0 aliphatic carbocycles. The molecule has 1 amide bonds. The van der Waals surface area contributed by atoms with E-state index >= 15 is 0 Å². The van der Waals surface area contributed by atoms with Gasteiger partial charge in [0.15, 0.2) is 0 Å². The SMILES string of the molecule is CC.CS(C)(=O)=NC(=O)CCN. The maximum atomic E-state index is 10.8. The van der Waals surface area contributed by atoms with Gasteiger partial charge in [-0.05, 0) is 0 Å². The molecule has 0 aliphatic rings. The van der Waals surface area contributed by atoms with Crippen LogP contribution in [0.5, 0.6) is 0 Å². The van der Waals surface area contributed by atoms with Crippen molar-refractivity contribution < 1.29 is 9.00 Å². The van der Waals surface area contributed by atoms with Crippen LogP contribution < -0.4 is 5.73 Å². The van der Waals surface area contributed by atoms with Crippen LogP contribution in [-0.4, -0.2) is 29.2 Å². The van der Waals surface area contributed by atoms with Crippen molar-refractivity contribution in [3.63, 3.8) is 0 Å². The first-order chi connectivity index (χ1) is 5.45. The van der Waals surface area contributed by atoms with Crippen molar-refractivity contribution in [2.75, 3.05) is 19.1 Å². The van der Waals surface area contributed by atoms with E-state index in [9.17, 15) is 9.00 Å². The molecule has 0 aromatic carbocycles. The molecule has 0 aromatic rings. The lowest BCUT2D eigenvalue weighted by Crippen LogP contribution is -2.07. The number of nitrogens with two attached hydrogens (primary N) is 1. The Balaban J connectivity index is 0. The molecule has 0 unspecified atom stereocenters. The Morgan fingerprint density at radius 2 is 1.83 bits per heavy atom. The molecule has 0 radical (unpaired) electrons. The molecule has 0 spiro atoms. The van der Waals surface area contributed by atoms with Crippen LogP contribution in [0.4, 0.5) is 0 Å². The number of amides is 1. The summed E-state index contributed by atoms with van der Waals surface area (Å²) < 4.78 is 14.3. The second kappa shape index (κ2) is 7.24. The quantitative estimate of drug-likeness (QED) is 0.700. The number of carbonyl (C=O) groups excluding carboxylic acids is 1. The summed E-state index contributed by atoms with van der Waals surface area (Å²) in [5.74, 6) is -0.377. The minimum atomic E-state index is -2.28. The van der Waals surface area contributed by atoms with Crippen molar-refractivity contribution >= 4 is 15.6 Å². The van der Waals surface area contributed by atoms with Crippen LogP contribution in [0.1, 0.15) is 20.3 Å². The summed E-state index contributed by atoms with van der Waals surface area (Å²) in [6.07, 6.45) is 3.02. The second-order valence-corrected chi connectivity index (χ2v) is 4.75. The van der Waals surface area contributed by atoms with Gasteiger partial charge in [0.25, 0.3) is 5.91 Å². The average Bonchev–Trinajstić information content (AvgIpc) is 1.88. The molecule has 0 heterocycles. The smallest absolute Gasteiger partial charge is 0.255 e. The Morgan fingerprint density at radius 3 is 2.08 bits per heavy atom. The Morgan fingerprint density at radius 1 is 1.42 bits per heavy atom. The van der Waals surface area contributed by atoms with Gasteiger partial charge in [-0.15, -0.1) is 0 Å². The molecule has 0 bridgehead atoms. The van der Waals surface area contributed by atoms with E-state index in [1.165, 1.54) is 12.5 Å². The Kier molecular flexibility index (Phi) is 8.52. The zero-order valence-corrected chi connectivity index (χ0v) is 8.98. The zero-order valence-electron chi connectivity index (χ0n) is 8.16. The molecule has 5 heteroatoms. The summed E-state index contributed by atoms with van der Waals surface area (Å²) in [5.41, 5.74) is 5.07. The Labute approximate surface area is 74.7 Å². The van der Waals surface area contributed by atoms with Crippen molar-refractivity contribution in [1.29, 1.82) is 0 Å². The summed E-state index contributed by atoms with van der Waals surface area (Å²) in [4.78, 5) is 10.6. The molecular weight excluding hydrogens is 176 g/mol. The fourth-order valence-electron chi connectivity index (χ4n) is 0.414. The van der Waals surface area contributed by atoms with E-state index < -0.39 is 9.73 Å². The van der Waals surface area contributed by atoms with Crippen LogP contribution in [0, 0.1) is 0 Å². The lowest BCUT2D eigenvalue weighted by Gasteiger charge is -1.92. The van der Waals surface area contributed by atoms with Gasteiger partial charge in [0, 0.05) is 35.2 Å². The molecule has 0 rings (SSSR count). The van der Waals surface area contributed by atoms with Crippen LogP contribution >= 0.6 is 0 Å². The maximum absolute atomic E-state index is 10.8. The van der Waals surface area contributed by atoms with E-state index in [-0.39, 0.29) is 18.9 Å². The van der Waals surface area contributed by atoms with Gasteiger partial charge in [-0.2, -0.15) is 4.36 Å². The van der Waals surface area contributed by atoms with Gasteiger partial charge in [0.1, 0.15) is 0 Å². The van der Waals surface area contributed by atoms with Gasteiger partial charge in [-0.1, -0.05) is 13.8 Å². The van der Waals surface area contributed by atoms with Crippen molar-refractivity contribution in [2.45, 2.75) is 20.3 Å². The van der Waals surface area contributed by atoms with E-state index in [2.05, 4.69) is 4.36 Å². The van der Waals surface area contributed by atoms with E-state index in [1.807, 2.05) is 13.8 Å². The number of hydrogen-bond donors (Lipinski definition) is 1. The summed E-state index contributed by atoms with van der Waals surface area (Å²) in [6.45, 7) is 4.26. The van der Waals surface area contributed by atoms with Crippen LogP contribution in [0.25, 0.3) is 0 Å². The average molecular weight is 194 g/mol. The predicted octanol–water partition coefficient (Wildman–Crippen LogP) is 0.616. The maximum Gasteiger partial charge on any atom is 0.255 e. The Hall–Kier alpha value is -0.420. The van der Waals surface area contributed by atoms with Gasteiger partial charge in [-0.25, -0.2) is 4.21 Å². The minimum Gasteiger partial charge on any atom is -0.330 e. The molecule has 0 fully saturated rings. The van der Waals surface area contributed by atoms with E-state index in [4.69, 9.17) is 5.73 Å². The molecule has 0 saturated carbocycles. The molecule has 0 aromatic heterocycles. The zero-order chi connectivity index (χ0) is 10.2. The normalized spacial score (nSPS) is 9.75. The number of carbonyl (C=O) groups is 1. The number of hydrogen-bond acceptors (Lipinski definition) is 3. The van der Waals surface area contributed by atoms with Crippen LogP contribution in [-0.2, 0) is 14.5 Å². The minimum absolute atomic E-state index is 0.179. The summed E-state index contributed by atoms with van der Waals surface area (Å²) >= 11 is 0. The highest BCUT2D eigenvalue weighted by Gasteiger charge is 1.98. The molecule has 74 valence electrons. The lowest BCUT2D eigenvalue weighted by atomic mass is 10.4. The fourth-order valence-corrected chi connectivity index (χ4v) is 0.996. The van der Waals surface area contributed by atoms with Gasteiger partial charge in [0.2, 0.25) is 0 Å². The molecule has 2 N–H and O–H groups in total. The molecule has 0 saturated heterocycles. The highest BCUT2D eigenvalue weighted by Crippen LogP contribution is 1.88. The Bertz CT molecular complexity index is 222. The third kappa shape index (κ3) is 12.3. The highest BCUT2D eigenvalue weighted by molar-refractivity contribution is 7.92. The van der Waals surface area contributed by atoms with Gasteiger partial charge in [0.05, 0.1) is 0 Å². The van der Waals surface area contributed by atoms with Crippen molar-refractivity contribution in [3.05, 3.63) is 0 Å². The molecule has 12 heavy (non-hydrogen) atoms. The first-order valence-electron chi connectivity index (χ1n) is 3.86. The standard InChI is InChI=1S/C5H12N2O2S.C2H6/c1-10(2,9)7-5(8)3-4-6;1-2/h3-4,6H2,1-2H3;1-2H3. The molecule has 4 nitrogen and oxygen atoms in total. The van der Waals surface area contributed by atoms with Crippen molar-refractivity contribution in [2.24, 2.45) is 10.1 Å². The third-order valence-corrected chi connectivity index (χ3v) is 1.32. The summed E-state index contributed by atoms with van der Waals surface area (Å²) in [7, 11) is -2.28. The van der Waals surface area contributed by atoms with E-state index in [0.717, 1.165) is 0 Å². The first kappa shape index (κ1) is 14.1. The summed E-state index contributed by atoms with van der Waals surface area (Å²) in [5, 5.41) is 0. The number of nitrogens with zero attached hydrogens (tertiary/aromatic N) is 1. The monoisotopic (exact) mass is 194 g/mol. The van der Waals surface area contributed by atoms with Crippen LogP contribution in [0.15, 0.2) is 4.36 Å². The highest BCUT2D eigenvalue weighted by atomic mass is 32.2. The predicted molar refractivity (Wildman–Crippen MR) is 52.4 cm³/mol. The van der Waals surface area contributed by atoms with Crippen LogP contribution in [0.2, 0.25) is 0 Å². The van der Waals surface area contributed by atoms with Crippen molar-refractivity contribution in [1.82, 2.24) is 0 Å². The second-order valence-electron chi connectivity index (χ2n) is 2.20. The van der Waals surface area contributed by atoms with Gasteiger partial charge in [-0.3, -0.25) is 4.79 Å². The fraction of sp³-hybridized carbons (Fsp3) is 0.857. The van der Waals surface area contributed by atoms with Crippen molar-refractivity contribution in [3.8, 4) is 0 Å². The topological polar surface area (TPSA) is 72.5 Å². The van der Waals surface area contributed by atoms with E-state index in [0.29, 0.717) is 0 Å².